The molecule has 0 saturated heterocycles. The van der Waals surface area contributed by atoms with E-state index in [1.807, 2.05) is 24.3 Å². The molecule has 0 atom stereocenters. The summed E-state index contributed by atoms with van der Waals surface area (Å²) in [6, 6.07) is 10.9. The molecule has 0 bridgehead atoms. The zero-order chi connectivity index (χ0) is 19.6. The first-order valence-electron chi connectivity index (χ1n) is 9.17. The number of nitrogens with one attached hydrogen (secondary N) is 1. The SMILES string of the molecule is CCCCN(C)C(=O)c1ccnc(C(=O)NCCc2cccc(OC)c2)c1. The summed E-state index contributed by atoms with van der Waals surface area (Å²) in [6.07, 6.45) is 4.15. The summed E-state index contributed by atoms with van der Waals surface area (Å²) < 4.78 is 5.20. The van der Waals surface area contributed by atoms with Crippen molar-refractivity contribution < 1.29 is 14.3 Å². The number of pyridine rings is 1. The first-order chi connectivity index (χ1) is 13.0. The predicted molar refractivity (Wildman–Crippen MR) is 105 cm³/mol. The molecule has 2 aromatic rings. The molecule has 144 valence electrons. The number of amides is 2. The van der Waals surface area contributed by atoms with Gasteiger partial charge in [-0.2, -0.15) is 0 Å². The summed E-state index contributed by atoms with van der Waals surface area (Å²) in [6.45, 7) is 3.25. The third kappa shape index (κ3) is 6.09. The van der Waals surface area contributed by atoms with Gasteiger partial charge < -0.3 is 15.0 Å². The summed E-state index contributed by atoms with van der Waals surface area (Å²) in [7, 11) is 3.40. The van der Waals surface area contributed by atoms with Crippen molar-refractivity contribution in [2.24, 2.45) is 0 Å². The highest BCUT2D eigenvalue weighted by atomic mass is 16.5. The Kier molecular flexibility index (Phi) is 7.79. The Labute approximate surface area is 160 Å². The maximum Gasteiger partial charge on any atom is 0.269 e. The highest BCUT2D eigenvalue weighted by molar-refractivity contribution is 5.98. The molecule has 0 fully saturated rings. The van der Waals surface area contributed by atoms with Crippen molar-refractivity contribution in [1.29, 1.82) is 0 Å². The van der Waals surface area contributed by atoms with E-state index in [2.05, 4.69) is 17.2 Å². The van der Waals surface area contributed by atoms with Crippen LogP contribution in [0.15, 0.2) is 42.6 Å². The molecule has 0 aliphatic carbocycles. The molecular formula is C21H27N3O3. The maximum atomic E-state index is 12.4. The van der Waals surface area contributed by atoms with Gasteiger partial charge >= 0.3 is 0 Å². The molecule has 1 aromatic heterocycles. The maximum absolute atomic E-state index is 12.4. The second kappa shape index (κ2) is 10.3. The van der Waals surface area contributed by atoms with Gasteiger partial charge in [-0.3, -0.25) is 14.6 Å². The lowest BCUT2D eigenvalue weighted by Crippen LogP contribution is -2.29. The molecule has 6 heteroatoms. The number of hydrogen-bond acceptors (Lipinski definition) is 4. The predicted octanol–water partition coefficient (Wildman–Crippen LogP) is 2.93. The number of carbonyl (C=O) groups excluding carboxylic acids is 2. The van der Waals surface area contributed by atoms with Crippen molar-refractivity contribution >= 4 is 11.8 Å². The lowest BCUT2D eigenvalue weighted by molar-refractivity contribution is 0.0793. The van der Waals surface area contributed by atoms with Gasteiger partial charge in [0.25, 0.3) is 11.8 Å². The minimum Gasteiger partial charge on any atom is -0.497 e. The van der Waals surface area contributed by atoms with E-state index < -0.39 is 0 Å². The van der Waals surface area contributed by atoms with Crippen molar-refractivity contribution in [1.82, 2.24) is 15.2 Å². The number of aromatic nitrogens is 1. The van der Waals surface area contributed by atoms with Gasteiger partial charge in [-0.25, -0.2) is 0 Å². The Morgan fingerprint density at radius 1 is 1.22 bits per heavy atom. The first-order valence-corrected chi connectivity index (χ1v) is 9.17. The van der Waals surface area contributed by atoms with Crippen LogP contribution in [0, 0.1) is 0 Å². The summed E-state index contributed by atoms with van der Waals surface area (Å²) >= 11 is 0. The lowest BCUT2D eigenvalue weighted by Gasteiger charge is -2.16. The molecule has 0 unspecified atom stereocenters. The van der Waals surface area contributed by atoms with E-state index in [1.54, 1.807) is 31.2 Å². The van der Waals surface area contributed by atoms with Crippen LogP contribution in [0.2, 0.25) is 0 Å². The number of rotatable bonds is 9. The van der Waals surface area contributed by atoms with Gasteiger partial charge in [-0.1, -0.05) is 25.5 Å². The minimum absolute atomic E-state index is 0.101. The van der Waals surface area contributed by atoms with Crippen LogP contribution in [0.3, 0.4) is 0 Å². The Morgan fingerprint density at radius 2 is 2.04 bits per heavy atom. The summed E-state index contributed by atoms with van der Waals surface area (Å²) in [5.41, 5.74) is 1.79. The van der Waals surface area contributed by atoms with Crippen molar-refractivity contribution in [3.05, 3.63) is 59.4 Å². The van der Waals surface area contributed by atoms with Crippen LogP contribution in [0.1, 0.15) is 46.2 Å². The van der Waals surface area contributed by atoms with E-state index in [1.165, 1.54) is 6.20 Å². The van der Waals surface area contributed by atoms with Crippen LogP contribution < -0.4 is 10.1 Å². The number of ether oxygens (including phenoxy) is 1. The van der Waals surface area contributed by atoms with E-state index >= 15 is 0 Å². The van der Waals surface area contributed by atoms with Crippen LogP contribution in [0.25, 0.3) is 0 Å². The number of nitrogens with zero attached hydrogens (tertiary/aromatic N) is 2. The van der Waals surface area contributed by atoms with Crippen molar-refractivity contribution in [2.75, 3.05) is 27.2 Å². The minimum atomic E-state index is -0.288. The highest BCUT2D eigenvalue weighted by Gasteiger charge is 2.14. The summed E-state index contributed by atoms with van der Waals surface area (Å²) in [4.78, 5) is 30.6. The number of methoxy groups -OCH3 is 1. The zero-order valence-corrected chi connectivity index (χ0v) is 16.2. The fourth-order valence-corrected chi connectivity index (χ4v) is 2.64. The monoisotopic (exact) mass is 369 g/mol. The van der Waals surface area contributed by atoms with E-state index in [-0.39, 0.29) is 17.5 Å². The van der Waals surface area contributed by atoms with E-state index in [0.29, 0.717) is 25.1 Å². The Hall–Kier alpha value is -2.89. The van der Waals surface area contributed by atoms with Crippen molar-refractivity contribution in [3.63, 3.8) is 0 Å². The summed E-state index contributed by atoms with van der Waals surface area (Å²) in [5.74, 6) is 0.402. The molecule has 0 aliphatic rings. The smallest absolute Gasteiger partial charge is 0.269 e. The molecule has 0 radical (unpaired) electrons. The quantitative estimate of drug-likeness (QED) is 0.738. The molecule has 2 amide bonds. The zero-order valence-electron chi connectivity index (χ0n) is 16.2. The van der Waals surface area contributed by atoms with E-state index in [0.717, 1.165) is 24.2 Å². The topological polar surface area (TPSA) is 71.5 Å². The average molecular weight is 369 g/mol. The van der Waals surface area contributed by atoms with Crippen LogP contribution in [0.5, 0.6) is 5.75 Å². The van der Waals surface area contributed by atoms with Crippen molar-refractivity contribution in [3.8, 4) is 5.75 Å². The molecule has 27 heavy (non-hydrogen) atoms. The summed E-state index contributed by atoms with van der Waals surface area (Å²) in [5, 5.41) is 2.85. The first kappa shape index (κ1) is 20.4. The standard InChI is InChI=1S/C21H27N3O3/c1-4-5-13-24(2)21(26)17-10-12-22-19(15-17)20(25)23-11-9-16-7-6-8-18(14-16)27-3/h6-8,10,12,14-15H,4-5,9,11,13H2,1-3H3,(H,23,25). The van der Waals surface area contributed by atoms with Gasteiger partial charge in [0.1, 0.15) is 11.4 Å². The average Bonchev–Trinajstić information content (AvgIpc) is 2.71. The number of benzene rings is 1. The molecule has 6 nitrogen and oxygen atoms in total. The highest BCUT2D eigenvalue weighted by Crippen LogP contribution is 2.12. The molecule has 1 aromatic carbocycles. The number of hydrogen-bond donors (Lipinski definition) is 1. The molecule has 1 N–H and O–H groups in total. The van der Waals surface area contributed by atoms with Crippen LogP contribution in [-0.4, -0.2) is 48.9 Å². The largest absolute Gasteiger partial charge is 0.497 e. The van der Waals surface area contributed by atoms with Crippen LogP contribution in [-0.2, 0) is 6.42 Å². The van der Waals surface area contributed by atoms with Gasteiger partial charge in [-0.15, -0.1) is 0 Å². The van der Waals surface area contributed by atoms with Gasteiger partial charge in [0.05, 0.1) is 7.11 Å². The fourth-order valence-electron chi connectivity index (χ4n) is 2.64. The van der Waals surface area contributed by atoms with Gasteiger partial charge in [0.2, 0.25) is 0 Å². The Balaban J connectivity index is 1.93. The van der Waals surface area contributed by atoms with Gasteiger partial charge in [-0.05, 0) is 42.7 Å². The Morgan fingerprint density at radius 3 is 2.78 bits per heavy atom. The fraction of sp³-hybridized carbons (Fsp3) is 0.381. The normalized spacial score (nSPS) is 10.3. The number of unbranched alkanes of at least 4 members (excludes halogenated alkanes) is 1. The molecule has 2 rings (SSSR count). The molecule has 0 saturated carbocycles. The number of carbonyl (C=O) groups is 2. The molecular weight excluding hydrogens is 342 g/mol. The Bertz CT molecular complexity index is 777. The lowest BCUT2D eigenvalue weighted by atomic mass is 10.1. The van der Waals surface area contributed by atoms with Crippen molar-refractivity contribution in [2.45, 2.75) is 26.2 Å². The van der Waals surface area contributed by atoms with Gasteiger partial charge in [0.15, 0.2) is 0 Å². The second-order valence-electron chi connectivity index (χ2n) is 6.37. The van der Waals surface area contributed by atoms with Crippen LogP contribution >= 0.6 is 0 Å². The van der Waals surface area contributed by atoms with Gasteiger partial charge in [0, 0.05) is 31.9 Å². The molecule has 0 aliphatic heterocycles. The third-order valence-electron chi connectivity index (χ3n) is 4.27. The third-order valence-corrected chi connectivity index (χ3v) is 4.27. The van der Waals surface area contributed by atoms with E-state index in [4.69, 9.17) is 4.74 Å². The second-order valence-corrected chi connectivity index (χ2v) is 6.37. The van der Waals surface area contributed by atoms with E-state index in [9.17, 15) is 9.59 Å². The van der Waals surface area contributed by atoms with Crippen LogP contribution in [0.4, 0.5) is 0 Å². The molecule has 1 heterocycles. The molecule has 0 spiro atoms.